The third-order valence-corrected chi connectivity index (χ3v) is 3.96. The Kier molecular flexibility index (Phi) is 5.23. The first-order valence-electron chi connectivity index (χ1n) is 8.58. The van der Waals surface area contributed by atoms with Gasteiger partial charge in [-0.2, -0.15) is 0 Å². The Bertz CT molecular complexity index is 836. The first kappa shape index (κ1) is 16.9. The zero-order valence-corrected chi connectivity index (χ0v) is 14.6. The Hall–Kier alpha value is -2.95. The van der Waals surface area contributed by atoms with Crippen LogP contribution in [0.4, 0.5) is 16.2 Å². The van der Waals surface area contributed by atoms with E-state index in [-0.39, 0.29) is 12.1 Å². The van der Waals surface area contributed by atoms with Crippen LogP contribution in [0, 0.1) is 0 Å². The van der Waals surface area contributed by atoms with Crippen LogP contribution in [0.3, 0.4) is 0 Å². The SMILES string of the molecule is CC(C)NC(=O)Nc1ccc(NCCc2c[nH]c3ccccc23)cc1. The van der Waals surface area contributed by atoms with E-state index in [1.54, 1.807) is 0 Å². The summed E-state index contributed by atoms with van der Waals surface area (Å²) in [6.07, 6.45) is 3.02. The van der Waals surface area contributed by atoms with Crippen molar-refractivity contribution in [3.8, 4) is 0 Å². The number of aromatic nitrogens is 1. The summed E-state index contributed by atoms with van der Waals surface area (Å²) >= 11 is 0. The van der Waals surface area contributed by atoms with Gasteiger partial charge in [0, 0.05) is 41.1 Å². The number of para-hydroxylation sites is 1. The number of benzene rings is 2. The highest BCUT2D eigenvalue weighted by Gasteiger charge is 2.04. The monoisotopic (exact) mass is 336 g/mol. The number of aromatic amines is 1. The van der Waals surface area contributed by atoms with Gasteiger partial charge in [-0.05, 0) is 56.2 Å². The number of H-pyrrole nitrogens is 1. The zero-order chi connectivity index (χ0) is 17.6. The summed E-state index contributed by atoms with van der Waals surface area (Å²) in [7, 11) is 0. The van der Waals surface area contributed by atoms with Crippen LogP contribution in [-0.2, 0) is 6.42 Å². The van der Waals surface area contributed by atoms with E-state index in [0.717, 1.165) is 24.3 Å². The second kappa shape index (κ2) is 7.75. The van der Waals surface area contributed by atoms with E-state index < -0.39 is 0 Å². The van der Waals surface area contributed by atoms with E-state index in [0.29, 0.717) is 0 Å². The smallest absolute Gasteiger partial charge is 0.319 e. The summed E-state index contributed by atoms with van der Waals surface area (Å²) in [5.74, 6) is 0. The Morgan fingerprint density at radius 3 is 2.52 bits per heavy atom. The first-order chi connectivity index (χ1) is 12.1. The second-order valence-corrected chi connectivity index (χ2v) is 6.37. The molecule has 130 valence electrons. The lowest BCUT2D eigenvalue weighted by Gasteiger charge is -2.11. The molecule has 0 fully saturated rings. The highest BCUT2D eigenvalue weighted by atomic mass is 16.2. The van der Waals surface area contributed by atoms with Gasteiger partial charge in [-0.15, -0.1) is 0 Å². The van der Waals surface area contributed by atoms with Crippen molar-refractivity contribution in [2.45, 2.75) is 26.3 Å². The van der Waals surface area contributed by atoms with Crippen LogP contribution >= 0.6 is 0 Å². The minimum absolute atomic E-state index is 0.116. The molecule has 0 aliphatic carbocycles. The summed E-state index contributed by atoms with van der Waals surface area (Å²) < 4.78 is 0. The van der Waals surface area contributed by atoms with E-state index in [9.17, 15) is 4.79 Å². The van der Waals surface area contributed by atoms with E-state index >= 15 is 0 Å². The molecule has 2 aromatic carbocycles. The third-order valence-electron chi connectivity index (χ3n) is 3.96. The van der Waals surface area contributed by atoms with Crippen molar-refractivity contribution in [1.82, 2.24) is 10.3 Å². The molecule has 5 nitrogen and oxygen atoms in total. The molecule has 3 rings (SSSR count). The summed E-state index contributed by atoms with van der Waals surface area (Å²) in [6.45, 7) is 4.71. The molecule has 0 aliphatic heterocycles. The average Bonchev–Trinajstić information content (AvgIpc) is 2.99. The Labute approximate surface area is 147 Å². The van der Waals surface area contributed by atoms with Gasteiger partial charge in [0.25, 0.3) is 0 Å². The van der Waals surface area contributed by atoms with Gasteiger partial charge in [0.05, 0.1) is 0 Å². The van der Waals surface area contributed by atoms with E-state index in [1.807, 2.05) is 44.2 Å². The van der Waals surface area contributed by atoms with Crippen molar-refractivity contribution in [2.75, 3.05) is 17.2 Å². The molecule has 0 saturated carbocycles. The van der Waals surface area contributed by atoms with Crippen LogP contribution in [0.2, 0.25) is 0 Å². The number of anilines is 2. The molecule has 4 N–H and O–H groups in total. The van der Waals surface area contributed by atoms with Gasteiger partial charge in [0.1, 0.15) is 0 Å². The lowest BCUT2D eigenvalue weighted by Crippen LogP contribution is -2.34. The summed E-state index contributed by atoms with van der Waals surface area (Å²) in [5, 5.41) is 10.3. The van der Waals surface area contributed by atoms with Crippen molar-refractivity contribution in [3.05, 3.63) is 60.3 Å². The fraction of sp³-hybridized carbons (Fsp3) is 0.250. The predicted molar refractivity (Wildman–Crippen MR) is 104 cm³/mol. The molecule has 1 heterocycles. The molecule has 0 radical (unpaired) electrons. The van der Waals surface area contributed by atoms with Gasteiger partial charge < -0.3 is 20.9 Å². The number of fused-ring (bicyclic) bond motifs is 1. The number of amides is 2. The molecule has 0 unspecified atom stereocenters. The molecule has 2 amide bonds. The van der Waals surface area contributed by atoms with Crippen molar-refractivity contribution in [3.63, 3.8) is 0 Å². The van der Waals surface area contributed by atoms with Crippen LogP contribution in [-0.4, -0.2) is 23.6 Å². The second-order valence-electron chi connectivity index (χ2n) is 6.37. The number of nitrogens with one attached hydrogen (secondary N) is 4. The van der Waals surface area contributed by atoms with Crippen LogP contribution < -0.4 is 16.0 Å². The van der Waals surface area contributed by atoms with Gasteiger partial charge in [-0.1, -0.05) is 18.2 Å². The quantitative estimate of drug-likeness (QED) is 0.540. The third kappa shape index (κ3) is 4.53. The molecular formula is C20H24N4O. The largest absolute Gasteiger partial charge is 0.385 e. The Morgan fingerprint density at radius 1 is 1.04 bits per heavy atom. The molecular weight excluding hydrogens is 312 g/mol. The van der Waals surface area contributed by atoms with Crippen LogP contribution in [0.25, 0.3) is 10.9 Å². The van der Waals surface area contributed by atoms with E-state index in [4.69, 9.17) is 0 Å². The van der Waals surface area contributed by atoms with Gasteiger partial charge in [0.2, 0.25) is 0 Å². The molecule has 0 bridgehead atoms. The summed E-state index contributed by atoms with van der Waals surface area (Å²) in [4.78, 5) is 15.0. The fourth-order valence-corrected chi connectivity index (χ4v) is 2.78. The van der Waals surface area contributed by atoms with Crippen molar-refractivity contribution in [2.24, 2.45) is 0 Å². The molecule has 5 heteroatoms. The van der Waals surface area contributed by atoms with Gasteiger partial charge >= 0.3 is 6.03 Å². The number of hydrogen-bond acceptors (Lipinski definition) is 2. The minimum Gasteiger partial charge on any atom is -0.385 e. The highest BCUT2D eigenvalue weighted by molar-refractivity contribution is 5.89. The first-order valence-corrected chi connectivity index (χ1v) is 8.58. The lowest BCUT2D eigenvalue weighted by molar-refractivity contribution is 0.250. The topological polar surface area (TPSA) is 69.0 Å². The summed E-state index contributed by atoms with van der Waals surface area (Å²) in [6, 6.07) is 16.0. The van der Waals surface area contributed by atoms with Crippen LogP contribution in [0.1, 0.15) is 19.4 Å². The zero-order valence-electron chi connectivity index (χ0n) is 14.6. The van der Waals surface area contributed by atoms with Gasteiger partial charge in [0.15, 0.2) is 0 Å². The lowest BCUT2D eigenvalue weighted by atomic mass is 10.1. The molecule has 0 saturated heterocycles. The Morgan fingerprint density at radius 2 is 1.76 bits per heavy atom. The average molecular weight is 336 g/mol. The molecule has 0 spiro atoms. The standard InChI is InChI=1S/C20H24N4O/c1-14(2)23-20(25)24-17-9-7-16(8-10-17)21-12-11-15-13-22-19-6-4-3-5-18(15)19/h3-10,13-14,21-22H,11-12H2,1-2H3,(H2,23,24,25). The normalized spacial score (nSPS) is 10.8. The number of urea groups is 1. The molecule has 3 aromatic rings. The number of rotatable bonds is 6. The minimum atomic E-state index is -0.185. The maximum absolute atomic E-state index is 11.7. The molecule has 1 aromatic heterocycles. The number of carbonyl (C=O) groups excluding carboxylic acids is 1. The molecule has 0 aliphatic rings. The number of carbonyl (C=O) groups is 1. The predicted octanol–water partition coefficient (Wildman–Crippen LogP) is 4.35. The molecule has 25 heavy (non-hydrogen) atoms. The van der Waals surface area contributed by atoms with Crippen molar-refractivity contribution in [1.29, 1.82) is 0 Å². The van der Waals surface area contributed by atoms with Crippen LogP contribution in [0.15, 0.2) is 54.7 Å². The van der Waals surface area contributed by atoms with E-state index in [2.05, 4.69) is 45.3 Å². The van der Waals surface area contributed by atoms with Crippen molar-refractivity contribution < 1.29 is 4.79 Å². The maximum Gasteiger partial charge on any atom is 0.319 e. The van der Waals surface area contributed by atoms with Gasteiger partial charge in [-0.3, -0.25) is 0 Å². The highest BCUT2D eigenvalue weighted by Crippen LogP contribution is 2.18. The summed E-state index contributed by atoms with van der Waals surface area (Å²) in [5.41, 5.74) is 4.30. The van der Waals surface area contributed by atoms with Crippen LogP contribution in [0.5, 0.6) is 0 Å². The maximum atomic E-state index is 11.7. The molecule has 0 atom stereocenters. The Balaban J connectivity index is 1.51. The fourth-order valence-electron chi connectivity index (χ4n) is 2.78. The van der Waals surface area contributed by atoms with Crippen molar-refractivity contribution >= 4 is 28.3 Å². The number of hydrogen-bond donors (Lipinski definition) is 4. The van der Waals surface area contributed by atoms with Gasteiger partial charge in [-0.25, -0.2) is 4.79 Å². The van der Waals surface area contributed by atoms with E-state index in [1.165, 1.54) is 16.5 Å².